The highest BCUT2D eigenvalue weighted by molar-refractivity contribution is 9.11. The van der Waals surface area contributed by atoms with Gasteiger partial charge in [-0.15, -0.1) is 11.3 Å². The van der Waals surface area contributed by atoms with Crippen molar-refractivity contribution in [3.05, 3.63) is 57.5 Å². The number of thiophene rings is 1. The van der Waals surface area contributed by atoms with E-state index in [-0.39, 0.29) is 6.04 Å². The van der Waals surface area contributed by atoms with Gasteiger partial charge in [0.15, 0.2) is 0 Å². The molecular weight excluding hydrogens is 320 g/mol. The van der Waals surface area contributed by atoms with Crippen LogP contribution in [0.4, 0.5) is 5.69 Å². The molecule has 0 fully saturated rings. The lowest BCUT2D eigenvalue weighted by Crippen LogP contribution is -2.05. The lowest BCUT2D eigenvalue weighted by molar-refractivity contribution is 0.910. The summed E-state index contributed by atoms with van der Waals surface area (Å²) in [5.41, 5.74) is 1.15. The second kappa shape index (κ2) is 5.31. The van der Waals surface area contributed by atoms with Crippen molar-refractivity contribution in [2.75, 3.05) is 5.32 Å². The SMILES string of the molecule is CC(Nc1cccc2cnccc12)c1ccc(Br)s1. The summed E-state index contributed by atoms with van der Waals surface area (Å²) in [4.78, 5) is 5.48. The predicted octanol–water partition coefficient (Wildman–Crippen LogP) is 5.23. The van der Waals surface area contributed by atoms with Gasteiger partial charge in [-0.05, 0) is 47.1 Å². The molecule has 0 aliphatic heterocycles. The fraction of sp³-hybridized carbons (Fsp3) is 0.133. The molecule has 0 bridgehead atoms. The number of nitrogens with zero attached hydrogens (tertiary/aromatic N) is 1. The molecule has 0 amide bonds. The second-order valence-electron chi connectivity index (χ2n) is 4.41. The lowest BCUT2D eigenvalue weighted by atomic mass is 10.1. The molecule has 96 valence electrons. The van der Waals surface area contributed by atoms with E-state index in [0.717, 1.165) is 11.1 Å². The van der Waals surface area contributed by atoms with E-state index in [1.54, 1.807) is 11.3 Å². The molecule has 3 aromatic rings. The van der Waals surface area contributed by atoms with Gasteiger partial charge in [-0.1, -0.05) is 12.1 Å². The first-order valence-electron chi connectivity index (χ1n) is 6.08. The first-order chi connectivity index (χ1) is 9.24. The van der Waals surface area contributed by atoms with Crippen LogP contribution in [0.2, 0.25) is 0 Å². The molecule has 4 heteroatoms. The molecule has 19 heavy (non-hydrogen) atoms. The minimum atomic E-state index is 0.287. The van der Waals surface area contributed by atoms with Gasteiger partial charge in [0.25, 0.3) is 0 Å². The van der Waals surface area contributed by atoms with Crippen LogP contribution >= 0.6 is 27.3 Å². The number of hydrogen-bond acceptors (Lipinski definition) is 3. The Morgan fingerprint density at radius 3 is 2.89 bits per heavy atom. The number of halogens is 1. The Bertz CT molecular complexity index is 703. The highest BCUT2D eigenvalue weighted by Gasteiger charge is 2.09. The molecule has 2 nitrogen and oxygen atoms in total. The Morgan fingerprint density at radius 1 is 1.21 bits per heavy atom. The van der Waals surface area contributed by atoms with Crippen LogP contribution in [0.3, 0.4) is 0 Å². The summed E-state index contributed by atoms with van der Waals surface area (Å²) >= 11 is 5.27. The van der Waals surface area contributed by atoms with Gasteiger partial charge in [-0.25, -0.2) is 0 Å². The number of nitrogens with one attached hydrogen (secondary N) is 1. The quantitative estimate of drug-likeness (QED) is 0.710. The van der Waals surface area contributed by atoms with Gasteiger partial charge in [-0.3, -0.25) is 4.98 Å². The Kier molecular flexibility index (Phi) is 3.53. The van der Waals surface area contributed by atoms with E-state index < -0.39 is 0 Å². The van der Waals surface area contributed by atoms with Gasteiger partial charge in [0.05, 0.1) is 9.83 Å². The maximum atomic E-state index is 4.16. The molecule has 0 aliphatic rings. The second-order valence-corrected chi connectivity index (χ2v) is 6.90. The Morgan fingerprint density at radius 2 is 2.11 bits per heavy atom. The monoisotopic (exact) mass is 332 g/mol. The van der Waals surface area contributed by atoms with Crippen molar-refractivity contribution in [3.63, 3.8) is 0 Å². The van der Waals surface area contributed by atoms with Gasteiger partial charge in [0.1, 0.15) is 0 Å². The molecule has 1 unspecified atom stereocenters. The zero-order chi connectivity index (χ0) is 13.2. The molecule has 1 aromatic carbocycles. The molecule has 2 aromatic heterocycles. The molecule has 0 saturated heterocycles. The predicted molar refractivity (Wildman–Crippen MR) is 85.8 cm³/mol. The van der Waals surface area contributed by atoms with Gasteiger partial charge >= 0.3 is 0 Å². The zero-order valence-corrected chi connectivity index (χ0v) is 12.8. The van der Waals surface area contributed by atoms with E-state index in [4.69, 9.17) is 0 Å². The Balaban J connectivity index is 1.93. The normalized spacial score (nSPS) is 12.5. The third-order valence-corrected chi connectivity index (χ3v) is 4.88. The van der Waals surface area contributed by atoms with Crippen molar-refractivity contribution in [1.29, 1.82) is 0 Å². The van der Waals surface area contributed by atoms with E-state index >= 15 is 0 Å². The summed E-state index contributed by atoms with van der Waals surface area (Å²) in [5.74, 6) is 0. The van der Waals surface area contributed by atoms with Crippen LogP contribution in [-0.4, -0.2) is 4.98 Å². The topological polar surface area (TPSA) is 24.9 Å². The standard InChI is InChI=1S/C15H13BrN2S/c1-10(14-5-6-15(16)19-14)18-13-4-2-3-11-9-17-8-7-12(11)13/h2-10,18H,1H3. The van der Waals surface area contributed by atoms with Crippen molar-refractivity contribution in [3.8, 4) is 0 Å². The van der Waals surface area contributed by atoms with E-state index in [2.05, 4.69) is 69.6 Å². The smallest absolute Gasteiger partial charge is 0.0702 e. The number of rotatable bonds is 3. The maximum absolute atomic E-state index is 4.16. The zero-order valence-electron chi connectivity index (χ0n) is 10.4. The van der Waals surface area contributed by atoms with Crippen molar-refractivity contribution in [2.24, 2.45) is 0 Å². The molecular formula is C15H13BrN2S. The van der Waals surface area contributed by atoms with Crippen LogP contribution in [0.5, 0.6) is 0 Å². The average molecular weight is 333 g/mol. The van der Waals surface area contributed by atoms with Crippen LogP contribution in [0.25, 0.3) is 10.8 Å². The summed E-state index contributed by atoms with van der Waals surface area (Å²) in [5, 5.41) is 5.94. The lowest BCUT2D eigenvalue weighted by Gasteiger charge is -2.15. The Labute approximate surface area is 124 Å². The molecule has 3 rings (SSSR count). The molecule has 0 spiro atoms. The molecule has 1 atom stereocenters. The number of pyridine rings is 1. The summed E-state index contributed by atoms with van der Waals surface area (Å²) in [6.07, 6.45) is 3.73. The first kappa shape index (κ1) is 12.6. The van der Waals surface area contributed by atoms with Crippen LogP contribution in [0.1, 0.15) is 17.8 Å². The van der Waals surface area contributed by atoms with Crippen molar-refractivity contribution < 1.29 is 0 Å². The fourth-order valence-corrected chi connectivity index (χ4v) is 3.54. The van der Waals surface area contributed by atoms with Crippen LogP contribution < -0.4 is 5.32 Å². The molecule has 0 radical (unpaired) electrons. The minimum absolute atomic E-state index is 0.287. The van der Waals surface area contributed by atoms with Gasteiger partial charge in [-0.2, -0.15) is 0 Å². The number of hydrogen-bond donors (Lipinski definition) is 1. The average Bonchev–Trinajstić information content (AvgIpc) is 2.86. The maximum Gasteiger partial charge on any atom is 0.0702 e. The van der Waals surface area contributed by atoms with Crippen molar-refractivity contribution in [2.45, 2.75) is 13.0 Å². The van der Waals surface area contributed by atoms with E-state index in [1.165, 1.54) is 14.0 Å². The van der Waals surface area contributed by atoms with Crippen LogP contribution in [0.15, 0.2) is 52.6 Å². The molecule has 2 heterocycles. The number of anilines is 1. The number of fused-ring (bicyclic) bond motifs is 1. The van der Waals surface area contributed by atoms with Gasteiger partial charge < -0.3 is 5.32 Å². The van der Waals surface area contributed by atoms with E-state index in [1.807, 2.05) is 12.4 Å². The molecule has 0 saturated carbocycles. The third-order valence-electron chi connectivity index (χ3n) is 3.07. The summed E-state index contributed by atoms with van der Waals surface area (Å²) in [6.45, 7) is 2.18. The summed E-state index contributed by atoms with van der Waals surface area (Å²) in [6, 6.07) is 12.8. The van der Waals surface area contributed by atoms with Crippen LogP contribution in [-0.2, 0) is 0 Å². The van der Waals surface area contributed by atoms with Gasteiger partial charge in [0.2, 0.25) is 0 Å². The Hall–Kier alpha value is -1.39. The van der Waals surface area contributed by atoms with Gasteiger partial charge in [0, 0.05) is 33.7 Å². The number of aromatic nitrogens is 1. The highest BCUT2D eigenvalue weighted by atomic mass is 79.9. The largest absolute Gasteiger partial charge is 0.377 e. The van der Waals surface area contributed by atoms with Crippen molar-refractivity contribution >= 4 is 43.7 Å². The summed E-state index contributed by atoms with van der Waals surface area (Å²) in [7, 11) is 0. The minimum Gasteiger partial charge on any atom is -0.377 e. The third kappa shape index (κ3) is 2.65. The molecule has 1 N–H and O–H groups in total. The molecule has 0 aliphatic carbocycles. The van der Waals surface area contributed by atoms with Crippen molar-refractivity contribution in [1.82, 2.24) is 4.98 Å². The number of benzene rings is 1. The first-order valence-corrected chi connectivity index (χ1v) is 7.69. The fourth-order valence-electron chi connectivity index (χ4n) is 2.11. The van der Waals surface area contributed by atoms with Crippen LogP contribution in [0, 0.1) is 0 Å². The van der Waals surface area contributed by atoms with E-state index in [9.17, 15) is 0 Å². The summed E-state index contributed by atoms with van der Waals surface area (Å²) < 4.78 is 1.17. The highest BCUT2D eigenvalue weighted by Crippen LogP contribution is 2.31. The van der Waals surface area contributed by atoms with E-state index in [0.29, 0.717) is 0 Å².